The zero-order chi connectivity index (χ0) is 26.9. The van der Waals surface area contributed by atoms with Crippen molar-refractivity contribution in [2.75, 3.05) is 19.3 Å². The molecule has 3 heterocycles. The molecule has 9 nitrogen and oxygen atoms in total. The molecule has 37 heavy (non-hydrogen) atoms. The van der Waals surface area contributed by atoms with Gasteiger partial charge in [0, 0.05) is 30.2 Å². The highest BCUT2D eigenvalue weighted by Gasteiger charge is 2.45. The first-order valence-corrected chi connectivity index (χ1v) is 15.3. The summed E-state index contributed by atoms with van der Waals surface area (Å²) in [5.41, 5.74) is 1.84. The lowest BCUT2D eigenvalue weighted by Crippen LogP contribution is -2.39. The number of ether oxygens (including phenoxy) is 1. The van der Waals surface area contributed by atoms with E-state index in [1.165, 1.54) is 11.3 Å². The number of halogens is 2. The predicted octanol–water partition coefficient (Wildman–Crippen LogP) is 4.39. The van der Waals surface area contributed by atoms with Gasteiger partial charge in [-0.1, -0.05) is 34.2 Å². The van der Waals surface area contributed by atoms with Crippen molar-refractivity contribution < 1.29 is 32.2 Å². The molecular formula is C24H28BrClN3O6S2+. The molecule has 13 heteroatoms. The summed E-state index contributed by atoms with van der Waals surface area (Å²) >= 11 is 11.2. The van der Waals surface area contributed by atoms with Crippen molar-refractivity contribution in [1.29, 1.82) is 0 Å². The molecule has 4 rings (SSSR count). The molecule has 0 bridgehead atoms. The molecule has 2 aromatic rings. The van der Waals surface area contributed by atoms with Crippen molar-refractivity contribution in [3.8, 4) is 0 Å². The van der Waals surface area contributed by atoms with E-state index in [-0.39, 0.29) is 24.6 Å². The number of unbranched alkanes of at least 4 members (excludes halogenated alkanes) is 1. The van der Waals surface area contributed by atoms with Crippen LogP contribution in [0.1, 0.15) is 31.2 Å². The second-order valence-electron chi connectivity index (χ2n) is 8.87. The van der Waals surface area contributed by atoms with Crippen molar-refractivity contribution in [2.24, 2.45) is 0 Å². The molecule has 0 aliphatic carbocycles. The molecule has 1 saturated heterocycles. The molecule has 2 aliphatic rings. The minimum absolute atomic E-state index is 0.133. The Morgan fingerprint density at radius 2 is 2.11 bits per heavy atom. The summed E-state index contributed by atoms with van der Waals surface area (Å²) in [5.74, 6) is -0.317. The minimum Gasteiger partial charge on any atom is -0.477 e. The third-order valence-electron chi connectivity index (χ3n) is 6.29. The number of rotatable bonds is 10. The van der Waals surface area contributed by atoms with Crippen LogP contribution in [-0.2, 0) is 26.2 Å². The number of carboxylic acid groups (broad SMARTS) is 1. The van der Waals surface area contributed by atoms with Crippen molar-refractivity contribution in [1.82, 2.24) is 9.80 Å². The van der Waals surface area contributed by atoms with Gasteiger partial charge in [0.1, 0.15) is 16.6 Å². The Morgan fingerprint density at radius 1 is 1.35 bits per heavy atom. The topological polar surface area (TPSA) is 111 Å². The van der Waals surface area contributed by atoms with E-state index in [4.69, 9.17) is 20.9 Å². The fourth-order valence-corrected chi connectivity index (χ4v) is 6.80. The number of fused-ring (bicyclic) bond motifs is 2. The molecule has 2 N–H and O–H groups in total. The number of aromatic nitrogens is 1. The van der Waals surface area contributed by atoms with Gasteiger partial charge in [-0.15, -0.1) is 0 Å². The summed E-state index contributed by atoms with van der Waals surface area (Å²) in [6, 6.07) is 5.69. The molecule has 2 atom stereocenters. The zero-order valence-corrected chi connectivity index (χ0v) is 24.3. The Labute approximate surface area is 233 Å². The number of carboxylic acids is 1. The minimum atomic E-state index is -4.01. The number of allylic oxidation sites excluding steroid dienone is 2. The monoisotopic (exact) mass is 632 g/mol. The Balaban J connectivity index is 1.69. The number of hydrogen-bond donors (Lipinski definition) is 2. The maximum absolute atomic E-state index is 11.6. The van der Waals surface area contributed by atoms with Gasteiger partial charge in [0.05, 0.1) is 5.75 Å². The quantitative estimate of drug-likeness (QED) is 0.225. The summed E-state index contributed by atoms with van der Waals surface area (Å²) in [6.45, 7) is 2.43. The first kappa shape index (κ1) is 27.9. The summed E-state index contributed by atoms with van der Waals surface area (Å²) in [4.78, 5) is 15.8. The van der Waals surface area contributed by atoms with Gasteiger partial charge in [0.2, 0.25) is 12.1 Å². The van der Waals surface area contributed by atoms with Gasteiger partial charge in [-0.3, -0.25) is 4.55 Å². The molecular weight excluding hydrogens is 606 g/mol. The molecule has 200 valence electrons. The van der Waals surface area contributed by atoms with Crippen LogP contribution in [0.3, 0.4) is 0 Å². The maximum atomic E-state index is 11.6. The van der Waals surface area contributed by atoms with Gasteiger partial charge in [-0.05, 0) is 60.7 Å². The number of aliphatic carboxylic acids is 1. The highest BCUT2D eigenvalue weighted by atomic mass is 79.9. The third kappa shape index (κ3) is 6.48. The average molecular weight is 634 g/mol. The van der Waals surface area contributed by atoms with Gasteiger partial charge in [-0.25, -0.2) is 4.79 Å². The Bertz CT molecular complexity index is 1400. The summed E-state index contributed by atoms with van der Waals surface area (Å²) in [6.07, 6.45) is 7.17. The van der Waals surface area contributed by atoms with Crippen molar-refractivity contribution in [3.05, 3.63) is 56.4 Å². The normalized spacial score (nSPS) is 21.1. The number of thiazole rings is 1. The lowest BCUT2D eigenvalue weighted by Gasteiger charge is -2.25. The SMILES string of the molecule is CCC(=Cc1sc2ccc(Br)cc2[n+]1CC(=O)O)C=C1N(C)C2OC(Cl)=CC2N1CCCCS(=O)(=O)O. The highest BCUT2D eigenvalue weighted by Crippen LogP contribution is 2.38. The number of carbonyl (C=O) groups is 1. The van der Waals surface area contributed by atoms with E-state index in [9.17, 15) is 18.3 Å². The van der Waals surface area contributed by atoms with Gasteiger partial charge >= 0.3 is 5.97 Å². The van der Waals surface area contributed by atoms with E-state index in [1.807, 2.05) is 49.2 Å². The van der Waals surface area contributed by atoms with Crippen molar-refractivity contribution >= 4 is 71.2 Å². The Hall–Kier alpha value is -2.12. The second kappa shape index (κ2) is 11.3. The van der Waals surface area contributed by atoms with Crippen molar-refractivity contribution in [2.45, 2.75) is 45.0 Å². The number of likely N-dealkylation sites (N-methyl/N-ethyl adjacent to an activating group) is 1. The molecule has 0 saturated carbocycles. The van der Waals surface area contributed by atoms with E-state index < -0.39 is 16.1 Å². The molecule has 0 amide bonds. The summed E-state index contributed by atoms with van der Waals surface area (Å²) in [5, 5.41) is 10.7. The Morgan fingerprint density at radius 3 is 2.78 bits per heavy atom. The highest BCUT2D eigenvalue weighted by molar-refractivity contribution is 9.10. The Kier molecular flexibility index (Phi) is 8.54. The van der Waals surface area contributed by atoms with E-state index in [2.05, 4.69) is 26.9 Å². The van der Waals surface area contributed by atoms with E-state index in [1.54, 1.807) is 4.57 Å². The van der Waals surface area contributed by atoms with Crippen LogP contribution in [0.5, 0.6) is 0 Å². The van der Waals surface area contributed by atoms with E-state index in [0.717, 1.165) is 31.1 Å². The zero-order valence-electron chi connectivity index (χ0n) is 20.3. The first-order valence-electron chi connectivity index (χ1n) is 11.7. The predicted molar refractivity (Wildman–Crippen MR) is 146 cm³/mol. The van der Waals surface area contributed by atoms with Crippen LogP contribution in [0.15, 0.2) is 51.4 Å². The standard InChI is InChI=1S/C24H27BrClN3O6S2/c1-3-15(11-22-29(14-23(30)31)17-12-16(25)6-7-19(17)36-22)10-21-27(2)24-18(13-20(26)35-24)28(21)8-4-5-9-37(32,33)34/h6-7,10-13,18,24H,3-5,8-9,14H2,1-2H3,(H-,30,31,32,33,34)/p+1. The molecule has 0 radical (unpaired) electrons. The van der Waals surface area contributed by atoms with E-state index >= 15 is 0 Å². The lowest BCUT2D eigenvalue weighted by atomic mass is 10.1. The smallest absolute Gasteiger partial charge is 0.370 e. The van der Waals surface area contributed by atoms with E-state index in [0.29, 0.717) is 31.0 Å². The number of nitrogens with zero attached hydrogens (tertiary/aromatic N) is 3. The van der Waals surface area contributed by atoms with Crippen LogP contribution in [0.25, 0.3) is 16.3 Å². The van der Waals surface area contributed by atoms with Gasteiger partial charge < -0.3 is 19.6 Å². The molecule has 1 fully saturated rings. The van der Waals surface area contributed by atoms with Gasteiger partial charge in [0.15, 0.2) is 11.4 Å². The molecule has 0 spiro atoms. The second-order valence-corrected chi connectivity index (χ2v) is 12.8. The maximum Gasteiger partial charge on any atom is 0.370 e. The van der Waals surface area contributed by atoms with Crippen LogP contribution < -0.4 is 4.57 Å². The third-order valence-corrected chi connectivity index (χ3v) is 8.92. The summed E-state index contributed by atoms with van der Waals surface area (Å²) in [7, 11) is -2.09. The molecule has 2 aliphatic heterocycles. The van der Waals surface area contributed by atoms with Crippen molar-refractivity contribution in [3.63, 3.8) is 0 Å². The van der Waals surface area contributed by atoms with Crippen LogP contribution in [0.4, 0.5) is 0 Å². The van der Waals surface area contributed by atoms with Crippen LogP contribution >= 0.6 is 38.9 Å². The largest absolute Gasteiger partial charge is 0.477 e. The first-order chi connectivity index (χ1) is 17.5. The fraction of sp³-hybridized carbons (Fsp3) is 0.417. The van der Waals surface area contributed by atoms with Crippen LogP contribution in [0, 0.1) is 0 Å². The summed E-state index contributed by atoms with van der Waals surface area (Å²) < 4.78 is 40.8. The molecule has 1 aromatic heterocycles. The fourth-order valence-electron chi connectivity index (χ4n) is 4.54. The molecule has 1 aromatic carbocycles. The van der Waals surface area contributed by atoms with Crippen LogP contribution in [0.2, 0.25) is 0 Å². The molecule has 2 unspecified atom stereocenters. The lowest BCUT2D eigenvalue weighted by molar-refractivity contribution is -0.657. The van der Waals surface area contributed by atoms with Gasteiger partial charge in [0.25, 0.3) is 15.1 Å². The number of benzene rings is 1. The number of hydrogen-bond acceptors (Lipinski definition) is 7. The average Bonchev–Trinajstić information content (AvgIpc) is 3.42. The van der Waals surface area contributed by atoms with Crippen LogP contribution in [-0.4, -0.2) is 65.5 Å². The van der Waals surface area contributed by atoms with Gasteiger partial charge in [-0.2, -0.15) is 13.0 Å².